The maximum atomic E-state index is 12.5. The average Bonchev–Trinajstić information content (AvgIpc) is 3.41. The second-order valence-electron chi connectivity index (χ2n) is 6.64. The molecule has 30 heavy (non-hydrogen) atoms. The van der Waals surface area contributed by atoms with Gasteiger partial charge in [-0.15, -0.1) is 0 Å². The Kier molecular flexibility index (Phi) is 5.13. The van der Waals surface area contributed by atoms with Crippen LogP contribution in [0.2, 0.25) is 0 Å². The van der Waals surface area contributed by atoms with Gasteiger partial charge in [0.2, 0.25) is 11.9 Å². The molecule has 0 fully saturated rings. The van der Waals surface area contributed by atoms with Gasteiger partial charge in [-0.1, -0.05) is 30.3 Å². The first-order valence-corrected chi connectivity index (χ1v) is 9.27. The van der Waals surface area contributed by atoms with E-state index in [0.29, 0.717) is 28.5 Å². The average molecular weight is 401 g/mol. The first-order valence-electron chi connectivity index (χ1n) is 9.27. The fourth-order valence-corrected chi connectivity index (χ4v) is 2.81. The first-order chi connectivity index (χ1) is 14.5. The minimum atomic E-state index is -0.350. The highest BCUT2D eigenvalue weighted by Gasteiger charge is 2.17. The van der Waals surface area contributed by atoms with Crippen molar-refractivity contribution in [2.75, 3.05) is 5.32 Å². The highest BCUT2D eigenvalue weighted by Crippen LogP contribution is 2.24. The van der Waals surface area contributed by atoms with Crippen molar-refractivity contribution in [2.45, 2.75) is 13.8 Å². The molecule has 4 rings (SSSR count). The largest absolute Gasteiger partial charge is 0.463 e. The van der Waals surface area contributed by atoms with E-state index in [9.17, 15) is 9.59 Å². The first kappa shape index (κ1) is 19.1. The van der Waals surface area contributed by atoms with Gasteiger partial charge in [-0.05, 0) is 37.6 Å². The minimum absolute atomic E-state index is 0.197. The number of hydrogen-bond acceptors (Lipinski definition) is 5. The van der Waals surface area contributed by atoms with Crippen molar-refractivity contribution >= 4 is 17.8 Å². The summed E-state index contributed by atoms with van der Waals surface area (Å²) in [6.45, 7) is 3.44. The SMILES string of the molecule is Cc1nc(-n2nc(-c3ccco3)cc2NC(=O)/C=C\c2ccccc2)[nH]c(=O)c1C. The van der Waals surface area contributed by atoms with Crippen molar-refractivity contribution in [3.63, 3.8) is 0 Å². The predicted molar refractivity (Wildman–Crippen MR) is 113 cm³/mol. The van der Waals surface area contributed by atoms with Crippen LogP contribution < -0.4 is 10.9 Å². The summed E-state index contributed by atoms with van der Waals surface area (Å²) in [5.41, 5.74) is 2.22. The van der Waals surface area contributed by atoms with E-state index < -0.39 is 0 Å². The van der Waals surface area contributed by atoms with Crippen molar-refractivity contribution in [2.24, 2.45) is 0 Å². The lowest BCUT2D eigenvalue weighted by Gasteiger charge is -2.08. The van der Waals surface area contributed by atoms with Crippen LogP contribution in [0.15, 0.2) is 70.1 Å². The lowest BCUT2D eigenvalue weighted by Crippen LogP contribution is -2.20. The molecule has 8 nitrogen and oxygen atoms in total. The molecule has 0 spiro atoms. The van der Waals surface area contributed by atoms with E-state index in [-0.39, 0.29) is 17.4 Å². The van der Waals surface area contributed by atoms with Gasteiger partial charge in [-0.3, -0.25) is 14.6 Å². The Morgan fingerprint density at radius 1 is 1.17 bits per heavy atom. The number of aromatic nitrogens is 4. The summed E-state index contributed by atoms with van der Waals surface area (Å²) >= 11 is 0. The number of amides is 1. The molecule has 0 saturated carbocycles. The van der Waals surface area contributed by atoms with Gasteiger partial charge < -0.3 is 9.73 Å². The maximum absolute atomic E-state index is 12.5. The third kappa shape index (κ3) is 3.97. The summed E-state index contributed by atoms with van der Waals surface area (Å²) < 4.78 is 6.78. The zero-order chi connectivity index (χ0) is 21.1. The van der Waals surface area contributed by atoms with Gasteiger partial charge in [0.15, 0.2) is 5.76 Å². The molecule has 0 atom stereocenters. The van der Waals surface area contributed by atoms with Crippen molar-refractivity contribution < 1.29 is 9.21 Å². The Hall–Kier alpha value is -4.20. The number of rotatable bonds is 5. The molecule has 0 bridgehead atoms. The van der Waals surface area contributed by atoms with Crippen LogP contribution in [-0.4, -0.2) is 25.7 Å². The molecule has 150 valence electrons. The molecule has 8 heteroatoms. The molecule has 1 amide bonds. The summed E-state index contributed by atoms with van der Waals surface area (Å²) in [6.07, 6.45) is 4.67. The number of nitrogens with zero attached hydrogens (tertiary/aromatic N) is 3. The molecule has 4 aromatic rings. The number of aromatic amines is 1. The molecule has 0 unspecified atom stereocenters. The third-order valence-electron chi connectivity index (χ3n) is 4.54. The van der Waals surface area contributed by atoms with Gasteiger partial charge in [-0.2, -0.15) is 9.78 Å². The van der Waals surface area contributed by atoms with Crippen molar-refractivity contribution in [1.82, 2.24) is 19.7 Å². The number of carbonyl (C=O) groups excluding carboxylic acids is 1. The minimum Gasteiger partial charge on any atom is -0.463 e. The number of aryl methyl sites for hydroxylation is 1. The lowest BCUT2D eigenvalue weighted by molar-refractivity contribution is -0.111. The van der Waals surface area contributed by atoms with Crippen LogP contribution in [-0.2, 0) is 4.79 Å². The van der Waals surface area contributed by atoms with Crippen molar-refractivity contribution in [1.29, 1.82) is 0 Å². The molecule has 0 aliphatic rings. The molecular weight excluding hydrogens is 382 g/mol. The molecule has 3 aromatic heterocycles. The van der Waals surface area contributed by atoms with Crippen LogP contribution in [0.25, 0.3) is 23.5 Å². The molecule has 0 aliphatic carbocycles. The lowest BCUT2D eigenvalue weighted by atomic mass is 10.2. The molecule has 0 radical (unpaired) electrons. The number of hydrogen-bond donors (Lipinski definition) is 2. The third-order valence-corrected chi connectivity index (χ3v) is 4.54. The van der Waals surface area contributed by atoms with Gasteiger partial charge in [0.25, 0.3) is 5.56 Å². The number of nitrogens with one attached hydrogen (secondary N) is 2. The van der Waals surface area contributed by atoms with Crippen molar-refractivity contribution in [3.8, 4) is 17.4 Å². The van der Waals surface area contributed by atoms with Gasteiger partial charge in [0.05, 0.1) is 6.26 Å². The summed E-state index contributed by atoms with van der Waals surface area (Å²) in [5, 5.41) is 7.24. The van der Waals surface area contributed by atoms with Gasteiger partial charge in [0, 0.05) is 23.4 Å². The van der Waals surface area contributed by atoms with E-state index in [1.807, 2.05) is 30.3 Å². The van der Waals surface area contributed by atoms with Crippen LogP contribution in [0, 0.1) is 13.8 Å². The molecule has 0 aliphatic heterocycles. The highest BCUT2D eigenvalue weighted by atomic mass is 16.3. The van der Waals surface area contributed by atoms with E-state index in [0.717, 1.165) is 5.56 Å². The number of benzene rings is 1. The van der Waals surface area contributed by atoms with Gasteiger partial charge in [0.1, 0.15) is 11.5 Å². The van der Waals surface area contributed by atoms with E-state index >= 15 is 0 Å². The second kappa shape index (κ2) is 8.04. The number of anilines is 1. The van der Waals surface area contributed by atoms with Crippen LogP contribution in [0.3, 0.4) is 0 Å². The van der Waals surface area contributed by atoms with Crippen LogP contribution in [0.1, 0.15) is 16.8 Å². The van der Waals surface area contributed by atoms with E-state index in [1.165, 1.54) is 17.0 Å². The molecular formula is C22H19N5O3. The normalized spacial score (nSPS) is 11.1. The summed E-state index contributed by atoms with van der Waals surface area (Å²) in [4.78, 5) is 31.8. The fraction of sp³-hybridized carbons (Fsp3) is 0.0909. The summed E-state index contributed by atoms with van der Waals surface area (Å²) in [6, 6.07) is 14.6. The van der Waals surface area contributed by atoms with Gasteiger partial charge >= 0.3 is 0 Å². The Bertz CT molecular complexity index is 1270. The topological polar surface area (TPSA) is 106 Å². The quantitative estimate of drug-likeness (QED) is 0.498. The van der Waals surface area contributed by atoms with Crippen LogP contribution in [0.5, 0.6) is 0 Å². The second-order valence-corrected chi connectivity index (χ2v) is 6.64. The Morgan fingerprint density at radius 2 is 1.97 bits per heavy atom. The standard InChI is InChI=1S/C22H19N5O3/c1-14-15(2)23-22(25-21(14)29)27-19(13-17(26-27)18-9-6-12-30-18)24-20(28)11-10-16-7-4-3-5-8-16/h3-13H,1-2H3,(H,24,28)(H,23,25,29)/b11-10-. The fourth-order valence-electron chi connectivity index (χ4n) is 2.81. The Labute approximate surface area is 171 Å². The van der Waals surface area contributed by atoms with E-state index in [2.05, 4.69) is 20.4 Å². The smallest absolute Gasteiger partial charge is 0.255 e. The molecule has 0 saturated heterocycles. The van der Waals surface area contributed by atoms with E-state index in [1.54, 1.807) is 38.1 Å². The van der Waals surface area contributed by atoms with Crippen molar-refractivity contribution in [3.05, 3.63) is 88.0 Å². The predicted octanol–water partition coefficient (Wildman–Crippen LogP) is 3.48. The van der Waals surface area contributed by atoms with E-state index in [4.69, 9.17) is 4.42 Å². The van der Waals surface area contributed by atoms with Crippen LogP contribution >= 0.6 is 0 Å². The summed E-state index contributed by atoms with van der Waals surface area (Å²) in [7, 11) is 0. The maximum Gasteiger partial charge on any atom is 0.255 e. The molecule has 2 N–H and O–H groups in total. The highest BCUT2D eigenvalue weighted by molar-refractivity contribution is 6.01. The van der Waals surface area contributed by atoms with Crippen LogP contribution in [0.4, 0.5) is 5.82 Å². The number of H-pyrrole nitrogens is 1. The molecule has 3 heterocycles. The number of furan rings is 1. The molecule has 1 aromatic carbocycles. The Morgan fingerprint density at radius 3 is 2.67 bits per heavy atom. The number of carbonyl (C=O) groups is 1. The zero-order valence-corrected chi connectivity index (χ0v) is 16.4. The van der Waals surface area contributed by atoms with Gasteiger partial charge in [-0.25, -0.2) is 4.98 Å². The monoisotopic (exact) mass is 401 g/mol. The summed E-state index contributed by atoms with van der Waals surface area (Å²) in [5.74, 6) is 0.714. The zero-order valence-electron chi connectivity index (χ0n) is 16.4. The Balaban J connectivity index is 1.70.